The molecule has 1 fully saturated rings. The molecule has 0 radical (unpaired) electrons. The van der Waals surface area contributed by atoms with E-state index in [1.807, 2.05) is 30.8 Å². The highest BCUT2D eigenvalue weighted by Crippen LogP contribution is 2.20. The smallest absolute Gasteiger partial charge is 0.370 e. The van der Waals surface area contributed by atoms with E-state index in [2.05, 4.69) is 32.7 Å². The van der Waals surface area contributed by atoms with Crippen molar-refractivity contribution in [3.63, 3.8) is 0 Å². The van der Waals surface area contributed by atoms with Gasteiger partial charge in [0.25, 0.3) is 0 Å². The lowest BCUT2D eigenvalue weighted by Crippen LogP contribution is -2.38. The molecule has 0 spiro atoms. The molecule has 1 aromatic rings. The molecule has 140 valence electrons. The Morgan fingerprint density at radius 1 is 1.16 bits per heavy atom. The van der Waals surface area contributed by atoms with Gasteiger partial charge < -0.3 is 15.5 Å². The Kier molecular flexibility index (Phi) is 7.74. The van der Waals surface area contributed by atoms with Gasteiger partial charge >= 0.3 is 6.18 Å². The number of hydrogen-bond acceptors (Lipinski definition) is 3. The first-order valence-electron chi connectivity index (χ1n) is 8.48. The van der Waals surface area contributed by atoms with Crippen LogP contribution in [-0.4, -0.2) is 49.8 Å². The molecule has 1 saturated heterocycles. The number of alkyl halides is 3. The van der Waals surface area contributed by atoms with Gasteiger partial charge in [-0.05, 0) is 24.6 Å². The number of anilines is 1. The van der Waals surface area contributed by atoms with Gasteiger partial charge in [-0.15, -0.1) is 0 Å². The van der Waals surface area contributed by atoms with Crippen LogP contribution in [-0.2, 0) is 6.54 Å². The van der Waals surface area contributed by atoms with E-state index in [1.54, 1.807) is 0 Å². The van der Waals surface area contributed by atoms with Crippen molar-refractivity contribution in [3.05, 3.63) is 29.8 Å². The van der Waals surface area contributed by atoms with Gasteiger partial charge in [0.1, 0.15) is 0 Å². The summed E-state index contributed by atoms with van der Waals surface area (Å²) >= 11 is 1.98. The summed E-state index contributed by atoms with van der Waals surface area (Å²) in [5.74, 6) is 2.72. The highest BCUT2D eigenvalue weighted by molar-refractivity contribution is 7.99. The molecule has 1 aliphatic heterocycles. The van der Waals surface area contributed by atoms with Crippen molar-refractivity contribution in [2.75, 3.05) is 42.6 Å². The van der Waals surface area contributed by atoms with Crippen molar-refractivity contribution < 1.29 is 13.2 Å². The molecule has 0 amide bonds. The number of thioether (sulfide) groups is 1. The van der Waals surface area contributed by atoms with E-state index in [-0.39, 0.29) is 6.54 Å². The lowest BCUT2D eigenvalue weighted by molar-refractivity contribution is -0.132. The number of guanidine groups is 1. The number of halogens is 3. The first-order valence-corrected chi connectivity index (χ1v) is 9.64. The number of nitrogens with one attached hydrogen (secondary N) is 2. The first-order chi connectivity index (χ1) is 12.0. The van der Waals surface area contributed by atoms with Crippen molar-refractivity contribution in [1.82, 2.24) is 10.6 Å². The SMILES string of the molecule is CCNC(=NCc1ccc(N2CCSCC2)cc1)NCCC(F)(F)F. The molecule has 25 heavy (non-hydrogen) atoms. The molecule has 1 aliphatic rings. The summed E-state index contributed by atoms with van der Waals surface area (Å²) in [5, 5.41) is 5.68. The second-order valence-electron chi connectivity index (χ2n) is 5.75. The van der Waals surface area contributed by atoms with Crippen LogP contribution in [0.15, 0.2) is 29.3 Å². The second kappa shape index (κ2) is 9.79. The van der Waals surface area contributed by atoms with Crippen molar-refractivity contribution in [2.45, 2.75) is 26.1 Å². The standard InChI is InChI=1S/C17H25F3N4S/c1-2-21-16(22-8-7-17(18,19)20)23-13-14-3-5-15(6-4-14)24-9-11-25-12-10-24/h3-6H,2,7-13H2,1H3,(H2,21,22,23). The van der Waals surface area contributed by atoms with E-state index in [0.29, 0.717) is 19.0 Å². The molecule has 0 aliphatic carbocycles. The summed E-state index contributed by atoms with van der Waals surface area (Å²) in [6.07, 6.45) is -5.03. The van der Waals surface area contributed by atoms with Crippen LogP contribution < -0.4 is 15.5 Å². The van der Waals surface area contributed by atoms with Gasteiger partial charge in [0.15, 0.2) is 5.96 Å². The molecule has 0 bridgehead atoms. The second-order valence-corrected chi connectivity index (χ2v) is 6.98. The van der Waals surface area contributed by atoms with Crippen molar-refractivity contribution in [3.8, 4) is 0 Å². The van der Waals surface area contributed by atoms with Gasteiger partial charge in [-0.25, -0.2) is 4.99 Å². The zero-order valence-corrected chi connectivity index (χ0v) is 15.2. The van der Waals surface area contributed by atoms with E-state index in [9.17, 15) is 13.2 Å². The Morgan fingerprint density at radius 2 is 1.84 bits per heavy atom. The van der Waals surface area contributed by atoms with Crippen LogP contribution in [0.2, 0.25) is 0 Å². The maximum absolute atomic E-state index is 12.2. The Bertz CT molecular complexity index is 540. The predicted octanol–water partition coefficient (Wildman–Crippen LogP) is 3.25. The Morgan fingerprint density at radius 3 is 2.44 bits per heavy atom. The third kappa shape index (κ3) is 7.46. The van der Waals surface area contributed by atoms with Crippen LogP contribution in [0.5, 0.6) is 0 Å². The van der Waals surface area contributed by atoms with Crippen molar-refractivity contribution in [1.29, 1.82) is 0 Å². The van der Waals surface area contributed by atoms with E-state index in [1.165, 1.54) is 5.69 Å². The van der Waals surface area contributed by atoms with Gasteiger partial charge in [0.05, 0.1) is 13.0 Å². The molecule has 0 saturated carbocycles. The molecular weight excluding hydrogens is 349 g/mol. The van der Waals surface area contributed by atoms with Crippen molar-refractivity contribution in [2.24, 2.45) is 4.99 Å². The number of aliphatic imine (C=N–C) groups is 1. The number of rotatable bonds is 6. The predicted molar refractivity (Wildman–Crippen MR) is 99.5 cm³/mol. The first kappa shape index (κ1) is 19.8. The molecule has 0 atom stereocenters. The monoisotopic (exact) mass is 374 g/mol. The Labute approximate surface area is 151 Å². The zero-order valence-electron chi connectivity index (χ0n) is 14.4. The van der Waals surface area contributed by atoms with Crippen molar-refractivity contribution >= 4 is 23.4 Å². The highest BCUT2D eigenvalue weighted by Gasteiger charge is 2.26. The van der Waals surface area contributed by atoms with Crippen LogP contribution in [0.25, 0.3) is 0 Å². The molecule has 2 N–H and O–H groups in total. The average Bonchev–Trinajstić information content (AvgIpc) is 2.60. The third-order valence-electron chi connectivity index (χ3n) is 3.78. The summed E-state index contributed by atoms with van der Waals surface area (Å²) in [5.41, 5.74) is 2.24. The largest absolute Gasteiger partial charge is 0.390 e. The van der Waals surface area contributed by atoms with E-state index in [4.69, 9.17) is 0 Å². The van der Waals surface area contributed by atoms with Crippen LogP contribution >= 0.6 is 11.8 Å². The fourth-order valence-electron chi connectivity index (χ4n) is 2.47. The summed E-state index contributed by atoms with van der Waals surface area (Å²) in [4.78, 5) is 6.72. The summed E-state index contributed by atoms with van der Waals surface area (Å²) < 4.78 is 36.7. The van der Waals surface area contributed by atoms with Crippen LogP contribution in [0.3, 0.4) is 0 Å². The minimum absolute atomic E-state index is 0.179. The highest BCUT2D eigenvalue weighted by atomic mass is 32.2. The fourth-order valence-corrected chi connectivity index (χ4v) is 3.37. The maximum atomic E-state index is 12.2. The van der Waals surface area contributed by atoms with Gasteiger partial charge in [-0.2, -0.15) is 24.9 Å². The van der Waals surface area contributed by atoms with Crippen LogP contribution in [0, 0.1) is 0 Å². The molecule has 1 aromatic carbocycles. The molecule has 8 heteroatoms. The lowest BCUT2D eigenvalue weighted by atomic mass is 10.2. The molecule has 4 nitrogen and oxygen atoms in total. The normalized spacial score (nSPS) is 16.0. The van der Waals surface area contributed by atoms with E-state index < -0.39 is 12.6 Å². The minimum atomic E-state index is -4.16. The van der Waals surface area contributed by atoms with Crippen LogP contribution in [0.1, 0.15) is 18.9 Å². The molecule has 0 aromatic heterocycles. The fraction of sp³-hybridized carbons (Fsp3) is 0.588. The molecule has 1 heterocycles. The topological polar surface area (TPSA) is 39.7 Å². The molecular formula is C17H25F3N4S. The minimum Gasteiger partial charge on any atom is -0.370 e. The Balaban J connectivity index is 1.88. The molecule has 0 unspecified atom stereocenters. The van der Waals surface area contributed by atoms with Gasteiger partial charge in [-0.1, -0.05) is 12.1 Å². The van der Waals surface area contributed by atoms with Gasteiger partial charge in [0.2, 0.25) is 0 Å². The van der Waals surface area contributed by atoms with E-state index >= 15 is 0 Å². The number of benzene rings is 1. The van der Waals surface area contributed by atoms with Gasteiger partial charge in [-0.3, -0.25) is 0 Å². The summed E-state index contributed by atoms with van der Waals surface area (Å²) in [6.45, 7) is 4.86. The quantitative estimate of drug-likeness (QED) is 0.592. The van der Waals surface area contributed by atoms with Crippen LogP contribution in [0.4, 0.5) is 18.9 Å². The Hall–Kier alpha value is -1.57. The number of hydrogen-bond donors (Lipinski definition) is 2. The molecule has 2 rings (SSSR count). The maximum Gasteiger partial charge on any atom is 0.390 e. The average molecular weight is 374 g/mol. The third-order valence-corrected chi connectivity index (χ3v) is 4.72. The van der Waals surface area contributed by atoms with Gasteiger partial charge in [0, 0.05) is 43.4 Å². The number of nitrogens with zero attached hydrogens (tertiary/aromatic N) is 2. The van der Waals surface area contributed by atoms with E-state index in [0.717, 1.165) is 30.2 Å². The summed E-state index contributed by atoms with van der Waals surface area (Å²) in [6, 6.07) is 8.23. The lowest BCUT2D eigenvalue weighted by Gasteiger charge is -2.28. The zero-order chi connectivity index (χ0) is 18.1. The summed E-state index contributed by atoms with van der Waals surface area (Å²) in [7, 11) is 0.